The van der Waals surface area contributed by atoms with Crippen molar-refractivity contribution in [3.8, 4) is 22.7 Å². The minimum absolute atomic E-state index is 0.0556. The fourth-order valence-corrected chi connectivity index (χ4v) is 5.12. The lowest BCUT2D eigenvalue weighted by atomic mass is 9.90. The summed E-state index contributed by atoms with van der Waals surface area (Å²) in [5.74, 6) is 1.03. The van der Waals surface area contributed by atoms with Gasteiger partial charge in [-0.3, -0.25) is 4.98 Å². The molecular formula is C27H36ClN5O2. The first-order valence-corrected chi connectivity index (χ1v) is 12.6. The van der Waals surface area contributed by atoms with Crippen molar-refractivity contribution in [2.24, 2.45) is 0 Å². The van der Waals surface area contributed by atoms with Crippen molar-refractivity contribution in [1.29, 1.82) is 0 Å². The molecular weight excluding hydrogens is 462 g/mol. The molecule has 3 aromatic rings. The Balaban J connectivity index is 1.58. The molecule has 3 heterocycles. The molecule has 188 valence electrons. The number of phenolic OH excluding ortho intramolecular Hbond substituents is 1. The minimum Gasteiger partial charge on any atom is -0.506 e. The lowest BCUT2D eigenvalue weighted by Gasteiger charge is -2.39. The van der Waals surface area contributed by atoms with Gasteiger partial charge in [0.25, 0.3) is 0 Å². The molecule has 1 saturated heterocycles. The quantitative estimate of drug-likeness (QED) is 0.465. The van der Waals surface area contributed by atoms with E-state index >= 15 is 0 Å². The van der Waals surface area contributed by atoms with Crippen LogP contribution in [0.2, 0.25) is 5.02 Å². The molecule has 0 saturated carbocycles. The molecule has 8 heteroatoms. The molecule has 1 aliphatic rings. The van der Waals surface area contributed by atoms with E-state index in [1.54, 1.807) is 31.6 Å². The monoisotopic (exact) mass is 497 g/mol. The Labute approximate surface area is 213 Å². The number of ether oxygens (including phenoxy) is 1. The number of halogens is 1. The fourth-order valence-electron chi connectivity index (χ4n) is 5.00. The van der Waals surface area contributed by atoms with Gasteiger partial charge in [0.05, 0.1) is 17.3 Å². The highest BCUT2D eigenvalue weighted by Crippen LogP contribution is 2.33. The Hall–Kier alpha value is -2.45. The third-order valence-electron chi connectivity index (χ3n) is 6.93. The van der Waals surface area contributed by atoms with Crippen molar-refractivity contribution in [1.82, 2.24) is 24.3 Å². The van der Waals surface area contributed by atoms with Crippen LogP contribution in [0.25, 0.3) is 16.9 Å². The van der Waals surface area contributed by atoms with Gasteiger partial charge < -0.3 is 24.2 Å². The van der Waals surface area contributed by atoms with E-state index in [2.05, 4.69) is 40.2 Å². The first-order chi connectivity index (χ1) is 16.8. The molecule has 0 radical (unpaired) electrons. The van der Waals surface area contributed by atoms with Crippen LogP contribution in [0.5, 0.6) is 5.75 Å². The summed E-state index contributed by atoms with van der Waals surface area (Å²) in [5, 5.41) is 10.5. The molecule has 0 unspecified atom stereocenters. The van der Waals surface area contributed by atoms with Gasteiger partial charge in [0, 0.05) is 61.5 Å². The van der Waals surface area contributed by atoms with E-state index in [0.717, 1.165) is 68.4 Å². The van der Waals surface area contributed by atoms with Crippen molar-refractivity contribution >= 4 is 11.6 Å². The number of hydrogen-bond donors (Lipinski definition) is 1. The maximum Gasteiger partial charge on any atom is 0.134 e. The van der Waals surface area contributed by atoms with Crippen LogP contribution in [0, 0.1) is 0 Å². The third kappa shape index (κ3) is 6.04. The SMILES string of the molecule is COCCN1CCC(N(C)CC(C)(C)c2nc(-c3ccc(Cl)c(O)c3)cn2-c2ccncc2)CC1. The molecule has 2 aromatic heterocycles. The summed E-state index contributed by atoms with van der Waals surface area (Å²) in [6.07, 6.45) is 7.94. The fraction of sp³-hybridized carbons (Fsp3) is 0.481. The van der Waals surface area contributed by atoms with E-state index in [1.807, 2.05) is 24.4 Å². The summed E-state index contributed by atoms with van der Waals surface area (Å²) in [5.41, 5.74) is 2.41. The number of hydrogen-bond acceptors (Lipinski definition) is 6. The number of likely N-dealkylation sites (N-methyl/N-ethyl adjacent to an activating group) is 1. The topological polar surface area (TPSA) is 66.7 Å². The molecule has 0 spiro atoms. The van der Waals surface area contributed by atoms with Gasteiger partial charge in [-0.05, 0) is 57.2 Å². The van der Waals surface area contributed by atoms with Crippen LogP contribution in [0.4, 0.5) is 0 Å². The van der Waals surface area contributed by atoms with E-state index in [-0.39, 0.29) is 11.2 Å². The number of pyridine rings is 1. The van der Waals surface area contributed by atoms with Crippen molar-refractivity contribution in [2.45, 2.75) is 38.1 Å². The number of likely N-dealkylation sites (tertiary alicyclic amines) is 1. The summed E-state index contributed by atoms with van der Waals surface area (Å²) >= 11 is 6.04. The van der Waals surface area contributed by atoms with E-state index in [4.69, 9.17) is 21.3 Å². The number of aromatic hydroxyl groups is 1. The van der Waals surface area contributed by atoms with Gasteiger partial charge in [-0.2, -0.15) is 0 Å². The molecule has 35 heavy (non-hydrogen) atoms. The number of imidazole rings is 1. The summed E-state index contributed by atoms with van der Waals surface area (Å²) in [7, 11) is 3.99. The van der Waals surface area contributed by atoms with Crippen molar-refractivity contribution in [3.05, 3.63) is 59.8 Å². The Morgan fingerprint density at radius 2 is 1.89 bits per heavy atom. The maximum atomic E-state index is 10.2. The first kappa shape index (κ1) is 25.6. The number of piperidine rings is 1. The highest BCUT2D eigenvalue weighted by atomic mass is 35.5. The normalized spacial score (nSPS) is 15.7. The van der Waals surface area contributed by atoms with Crippen molar-refractivity contribution < 1.29 is 9.84 Å². The Kier molecular flexibility index (Phi) is 8.12. The highest BCUT2D eigenvalue weighted by molar-refractivity contribution is 6.32. The number of rotatable bonds is 9. The molecule has 0 amide bonds. The van der Waals surface area contributed by atoms with Gasteiger partial charge in [-0.1, -0.05) is 31.5 Å². The van der Waals surface area contributed by atoms with Gasteiger partial charge in [0.2, 0.25) is 0 Å². The molecule has 1 fully saturated rings. The van der Waals surface area contributed by atoms with Crippen LogP contribution < -0.4 is 0 Å². The largest absolute Gasteiger partial charge is 0.506 e. The van der Waals surface area contributed by atoms with E-state index < -0.39 is 0 Å². The van der Waals surface area contributed by atoms with Crippen LogP contribution >= 0.6 is 11.6 Å². The maximum absolute atomic E-state index is 10.2. The van der Waals surface area contributed by atoms with Crippen LogP contribution in [-0.4, -0.2) is 82.4 Å². The second-order valence-corrected chi connectivity index (χ2v) is 10.5. The van der Waals surface area contributed by atoms with Gasteiger partial charge in [-0.25, -0.2) is 4.98 Å². The summed E-state index contributed by atoms with van der Waals surface area (Å²) in [6, 6.07) is 9.79. The third-order valence-corrected chi connectivity index (χ3v) is 7.25. The Morgan fingerprint density at radius 1 is 1.17 bits per heavy atom. The van der Waals surface area contributed by atoms with Gasteiger partial charge >= 0.3 is 0 Å². The molecule has 4 rings (SSSR count). The van der Waals surface area contributed by atoms with Crippen molar-refractivity contribution in [3.63, 3.8) is 0 Å². The van der Waals surface area contributed by atoms with Crippen LogP contribution in [0.3, 0.4) is 0 Å². The van der Waals surface area contributed by atoms with Gasteiger partial charge in [-0.15, -0.1) is 0 Å². The number of nitrogens with zero attached hydrogens (tertiary/aromatic N) is 5. The zero-order valence-electron chi connectivity index (χ0n) is 21.1. The zero-order chi connectivity index (χ0) is 25.0. The summed E-state index contributed by atoms with van der Waals surface area (Å²) in [6.45, 7) is 9.39. The van der Waals surface area contributed by atoms with Crippen molar-refractivity contribution in [2.75, 3.05) is 46.9 Å². The lowest BCUT2D eigenvalue weighted by Crippen LogP contribution is -2.47. The minimum atomic E-state index is -0.224. The molecule has 0 aliphatic carbocycles. The number of aromatic nitrogens is 3. The predicted octanol–water partition coefficient (Wildman–Crippen LogP) is 4.61. The van der Waals surface area contributed by atoms with Gasteiger partial charge in [0.15, 0.2) is 0 Å². The second-order valence-electron chi connectivity index (χ2n) is 10.1. The number of phenols is 1. The van der Waals surface area contributed by atoms with Gasteiger partial charge in [0.1, 0.15) is 11.6 Å². The molecule has 0 atom stereocenters. The van der Waals surface area contributed by atoms with Crippen LogP contribution in [-0.2, 0) is 10.2 Å². The Morgan fingerprint density at radius 3 is 2.54 bits per heavy atom. The second kappa shape index (κ2) is 11.1. The molecule has 1 aromatic carbocycles. The molecule has 1 N–H and O–H groups in total. The molecule has 7 nitrogen and oxygen atoms in total. The summed E-state index contributed by atoms with van der Waals surface area (Å²) < 4.78 is 7.38. The van der Waals surface area contributed by atoms with E-state index in [0.29, 0.717) is 11.1 Å². The smallest absolute Gasteiger partial charge is 0.134 e. The predicted molar refractivity (Wildman–Crippen MR) is 140 cm³/mol. The number of benzene rings is 1. The standard InChI is InChI=1S/C27H36ClN5O2/c1-27(2,19-31(3)21-9-13-32(14-10-21)15-16-35-4)26-30-24(20-5-6-23(28)25(34)17-20)18-33(26)22-7-11-29-12-8-22/h5-8,11-12,17-18,21,34H,9-10,13-16,19H2,1-4H3. The average Bonchev–Trinajstić information content (AvgIpc) is 3.32. The zero-order valence-corrected chi connectivity index (χ0v) is 21.9. The first-order valence-electron chi connectivity index (χ1n) is 12.2. The van der Waals surface area contributed by atoms with Crippen LogP contribution in [0.15, 0.2) is 48.9 Å². The number of methoxy groups -OCH3 is 1. The lowest BCUT2D eigenvalue weighted by molar-refractivity contribution is 0.0889. The molecule has 1 aliphatic heterocycles. The van der Waals surface area contributed by atoms with E-state index in [9.17, 15) is 5.11 Å². The highest BCUT2D eigenvalue weighted by Gasteiger charge is 2.32. The molecule has 0 bridgehead atoms. The summed E-state index contributed by atoms with van der Waals surface area (Å²) in [4.78, 5) is 14.2. The van der Waals surface area contributed by atoms with Crippen LogP contribution in [0.1, 0.15) is 32.5 Å². The average molecular weight is 498 g/mol. The van der Waals surface area contributed by atoms with E-state index in [1.165, 1.54) is 0 Å². The Bertz CT molecular complexity index is 1110.